The summed E-state index contributed by atoms with van der Waals surface area (Å²) in [6.07, 6.45) is 1.97. The second-order valence-corrected chi connectivity index (χ2v) is 2.15. The second kappa shape index (κ2) is 6.33. The maximum absolute atomic E-state index is 10.5. The molecule has 0 atom stereocenters. The van der Waals surface area contributed by atoms with Gasteiger partial charge < -0.3 is 14.8 Å². The molecule has 0 fully saturated rings. The van der Waals surface area contributed by atoms with Gasteiger partial charge in [-0.2, -0.15) is 0 Å². The molecule has 0 aromatic rings. The number of rotatable bonds is 4. The van der Waals surface area contributed by atoms with E-state index in [2.05, 4.69) is 15.1 Å². The van der Waals surface area contributed by atoms with Crippen molar-refractivity contribution in [3.8, 4) is 0 Å². The van der Waals surface area contributed by atoms with Crippen LogP contribution >= 0.6 is 0 Å². The standard InChI is InChI=1S/C7H12N2O3/c1-3-8-12-7(9-11)5-4-6(2)10/h3,11H,4-5H2,1-2H3. The molecule has 5 heteroatoms. The van der Waals surface area contributed by atoms with Crippen LogP contribution in [0.3, 0.4) is 0 Å². The van der Waals surface area contributed by atoms with Crippen molar-refractivity contribution in [2.24, 2.45) is 10.3 Å². The summed E-state index contributed by atoms with van der Waals surface area (Å²) in [6, 6.07) is 0. The molecule has 1 N–H and O–H groups in total. The molecule has 0 radical (unpaired) electrons. The third-order valence-corrected chi connectivity index (χ3v) is 1.07. The summed E-state index contributed by atoms with van der Waals surface area (Å²) in [5.41, 5.74) is 0. The molecule has 0 aliphatic heterocycles. The minimum absolute atomic E-state index is 0.0141. The van der Waals surface area contributed by atoms with E-state index in [0.29, 0.717) is 6.42 Å². The van der Waals surface area contributed by atoms with Crippen LogP contribution in [0.2, 0.25) is 0 Å². The predicted molar refractivity (Wildman–Crippen MR) is 44.4 cm³/mol. The quantitative estimate of drug-likeness (QED) is 0.299. The molecule has 0 saturated heterocycles. The zero-order valence-corrected chi connectivity index (χ0v) is 7.15. The third-order valence-electron chi connectivity index (χ3n) is 1.07. The molecule has 0 spiro atoms. The Kier molecular flexibility index (Phi) is 5.60. The summed E-state index contributed by atoms with van der Waals surface area (Å²) in [6.45, 7) is 3.12. The summed E-state index contributed by atoms with van der Waals surface area (Å²) in [4.78, 5) is 15.1. The highest BCUT2D eigenvalue weighted by Gasteiger charge is 2.02. The molecule has 0 unspecified atom stereocenters. The number of Topliss-reactive ketones (excluding diaryl/α,β-unsaturated/α-hetero) is 1. The van der Waals surface area contributed by atoms with Crippen molar-refractivity contribution in [3.05, 3.63) is 0 Å². The monoisotopic (exact) mass is 172 g/mol. The number of carbonyl (C=O) groups is 1. The van der Waals surface area contributed by atoms with Crippen molar-refractivity contribution >= 4 is 17.9 Å². The van der Waals surface area contributed by atoms with Gasteiger partial charge in [0.25, 0.3) is 5.90 Å². The van der Waals surface area contributed by atoms with Crippen molar-refractivity contribution in [2.75, 3.05) is 0 Å². The molecular weight excluding hydrogens is 160 g/mol. The lowest BCUT2D eigenvalue weighted by Gasteiger charge is -1.97. The molecule has 68 valence electrons. The summed E-state index contributed by atoms with van der Waals surface area (Å²) in [5, 5.41) is 14.6. The first kappa shape index (κ1) is 10.6. The van der Waals surface area contributed by atoms with Crippen LogP contribution < -0.4 is 0 Å². The Morgan fingerprint density at radius 2 is 2.25 bits per heavy atom. The highest BCUT2D eigenvalue weighted by molar-refractivity contribution is 5.83. The lowest BCUT2D eigenvalue weighted by Crippen LogP contribution is -2.03. The Hall–Kier alpha value is -1.39. The summed E-state index contributed by atoms with van der Waals surface area (Å²) < 4.78 is 0. The minimum atomic E-state index is 0.0141. The minimum Gasteiger partial charge on any atom is -0.408 e. The Morgan fingerprint density at radius 3 is 2.67 bits per heavy atom. The van der Waals surface area contributed by atoms with Crippen molar-refractivity contribution in [1.29, 1.82) is 0 Å². The molecule has 0 aliphatic rings. The highest BCUT2D eigenvalue weighted by atomic mass is 16.6. The number of carbonyl (C=O) groups excluding carboxylic acids is 1. The van der Waals surface area contributed by atoms with Crippen LogP contribution in [0.4, 0.5) is 0 Å². The van der Waals surface area contributed by atoms with Crippen LogP contribution in [0.25, 0.3) is 0 Å². The molecule has 5 nitrogen and oxygen atoms in total. The van der Waals surface area contributed by atoms with Gasteiger partial charge in [-0.05, 0) is 13.8 Å². The van der Waals surface area contributed by atoms with Crippen LogP contribution in [0.15, 0.2) is 10.3 Å². The third kappa shape index (κ3) is 5.40. The fourth-order valence-electron chi connectivity index (χ4n) is 0.510. The molecular formula is C7H12N2O3. The average Bonchev–Trinajstić information content (AvgIpc) is 2.05. The van der Waals surface area contributed by atoms with Crippen molar-refractivity contribution in [3.63, 3.8) is 0 Å². The molecule has 0 saturated carbocycles. The van der Waals surface area contributed by atoms with Gasteiger partial charge in [-0.3, -0.25) is 0 Å². The van der Waals surface area contributed by atoms with Gasteiger partial charge in [0.1, 0.15) is 5.78 Å². The Morgan fingerprint density at radius 1 is 1.58 bits per heavy atom. The first-order valence-corrected chi connectivity index (χ1v) is 3.56. The van der Waals surface area contributed by atoms with Gasteiger partial charge in [-0.1, -0.05) is 10.3 Å². The lowest BCUT2D eigenvalue weighted by atomic mass is 10.2. The molecule has 0 aromatic heterocycles. The first-order valence-electron chi connectivity index (χ1n) is 3.56. The van der Waals surface area contributed by atoms with Gasteiger partial charge in [-0.15, -0.1) is 0 Å². The van der Waals surface area contributed by atoms with E-state index in [1.54, 1.807) is 6.92 Å². The van der Waals surface area contributed by atoms with E-state index < -0.39 is 0 Å². The maximum atomic E-state index is 10.5. The smallest absolute Gasteiger partial charge is 0.260 e. The Balaban J connectivity index is 3.77. The average molecular weight is 172 g/mol. The number of hydrogen-bond acceptors (Lipinski definition) is 5. The highest BCUT2D eigenvalue weighted by Crippen LogP contribution is 1.96. The molecule has 12 heavy (non-hydrogen) atoms. The Labute approximate surface area is 70.7 Å². The largest absolute Gasteiger partial charge is 0.408 e. The lowest BCUT2D eigenvalue weighted by molar-refractivity contribution is -0.116. The van der Waals surface area contributed by atoms with Crippen LogP contribution in [0.5, 0.6) is 0 Å². The van der Waals surface area contributed by atoms with E-state index in [1.807, 2.05) is 0 Å². The SMILES string of the molecule is CC=NOC(CCC(C)=O)=NO. The van der Waals surface area contributed by atoms with E-state index in [4.69, 9.17) is 5.21 Å². The van der Waals surface area contributed by atoms with Crippen molar-refractivity contribution < 1.29 is 14.8 Å². The molecule has 0 aromatic carbocycles. The van der Waals surface area contributed by atoms with Crippen LogP contribution in [0.1, 0.15) is 26.7 Å². The molecule has 0 rings (SSSR count). The van der Waals surface area contributed by atoms with Gasteiger partial charge >= 0.3 is 0 Å². The first-order chi connectivity index (χ1) is 5.70. The van der Waals surface area contributed by atoms with Crippen LogP contribution in [-0.2, 0) is 9.63 Å². The molecule has 0 amide bonds. The van der Waals surface area contributed by atoms with E-state index >= 15 is 0 Å². The normalized spacial score (nSPS) is 12.0. The van der Waals surface area contributed by atoms with E-state index in [0.717, 1.165) is 0 Å². The zero-order valence-electron chi connectivity index (χ0n) is 7.15. The topological polar surface area (TPSA) is 71.2 Å². The predicted octanol–water partition coefficient (Wildman–Crippen LogP) is 1.17. The number of oxime groups is 2. The molecule has 0 aliphatic carbocycles. The van der Waals surface area contributed by atoms with E-state index in [-0.39, 0.29) is 18.1 Å². The van der Waals surface area contributed by atoms with Gasteiger partial charge in [0.05, 0.1) is 0 Å². The number of hydrogen-bond donors (Lipinski definition) is 1. The maximum Gasteiger partial charge on any atom is 0.260 e. The number of ketones is 1. The number of nitrogens with zero attached hydrogens (tertiary/aromatic N) is 2. The van der Waals surface area contributed by atoms with Gasteiger partial charge in [0, 0.05) is 19.1 Å². The van der Waals surface area contributed by atoms with Crippen LogP contribution in [-0.4, -0.2) is 23.1 Å². The zero-order chi connectivity index (χ0) is 9.40. The summed E-state index contributed by atoms with van der Waals surface area (Å²) in [7, 11) is 0. The molecule has 0 heterocycles. The fourth-order valence-corrected chi connectivity index (χ4v) is 0.510. The second-order valence-electron chi connectivity index (χ2n) is 2.15. The van der Waals surface area contributed by atoms with Crippen LogP contribution in [0, 0.1) is 0 Å². The Bertz CT molecular complexity index is 199. The molecule has 0 bridgehead atoms. The van der Waals surface area contributed by atoms with E-state index in [9.17, 15) is 4.79 Å². The summed E-state index contributed by atoms with van der Waals surface area (Å²) >= 11 is 0. The van der Waals surface area contributed by atoms with E-state index in [1.165, 1.54) is 13.1 Å². The van der Waals surface area contributed by atoms with Gasteiger partial charge in [0.15, 0.2) is 0 Å². The van der Waals surface area contributed by atoms with Gasteiger partial charge in [0.2, 0.25) is 0 Å². The summed E-state index contributed by atoms with van der Waals surface area (Å²) in [5.74, 6) is 0.0588. The van der Waals surface area contributed by atoms with Crippen molar-refractivity contribution in [1.82, 2.24) is 0 Å². The fraction of sp³-hybridized carbons (Fsp3) is 0.571. The van der Waals surface area contributed by atoms with Gasteiger partial charge in [-0.25, -0.2) is 0 Å². The van der Waals surface area contributed by atoms with Crippen molar-refractivity contribution in [2.45, 2.75) is 26.7 Å².